The van der Waals surface area contributed by atoms with E-state index in [0.29, 0.717) is 41.3 Å². The summed E-state index contributed by atoms with van der Waals surface area (Å²) in [6, 6.07) is 24.6. The van der Waals surface area contributed by atoms with E-state index in [-0.39, 0.29) is 5.91 Å². The molecule has 2 heterocycles. The highest BCUT2D eigenvalue weighted by molar-refractivity contribution is 6.08. The zero-order chi connectivity index (χ0) is 28.3. The van der Waals surface area contributed by atoms with Crippen molar-refractivity contribution in [2.75, 3.05) is 11.9 Å². The zero-order valence-corrected chi connectivity index (χ0v) is 21.9. The van der Waals surface area contributed by atoms with Gasteiger partial charge in [-0.2, -0.15) is 18.3 Å². The third kappa shape index (κ3) is 5.93. The van der Waals surface area contributed by atoms with Crippen molar-refractivity contribution in [3.63, 3.8) is 0 Å². The second-order valence-corrected chi connectivity index (χ2v) is 9.34. The number of hydrogen-bond acceptors (Lipinski definition) is 3. The summed E-state index contributed by atoms with van der Waals surface area (Å²) in [4.78, 5) is 13.0. The number of alkyl halides is 3. The normalized spacial score (nSPS) is 11.4. The molecule has 204 valence electrons. The standard InChI is InChI=1S/C31H27F3N4O2/c1-21-7-8-22(2)38(21)29-17-18-37(36-29)19-20-40-26-15-13-25(14-16-26)35-30(39)28-6-4-3-5-27(28)23-9-11-24(12-10-23)31(32,33)34/h3-18H,19-20H2,1-2H3,(H,35,39). The van der Waals surface area contributed by atoms with Crippen LogP contribution in [-0.2, 0) is 12.7 Å². The fourth-order valence-electron chi connectivity index (χ4n) is 4.49. The number of nitrogens with zero attached hydrogens (tertiary/aromatic N) is 3. The smallest absolute Gasteiger partial charge is 0.416 e. The van der Waals surface area contributed by atoms with Crippen LogP contribution in [-0.4, -0.2) is 26.9 Å². The highest BCUT2D eigenvalue weighted by Crippen LogP contribution is 2.32. The van der Waals surface area contributed by atoms with Gasteiger partial charge in [-0.25, -0.2) is 0 Å². The molecule has 0 aliphatic carbocycles. The summed E-state index contributed by atoms with van der Waals surface area (Å²) in [5.74, 6) is 1.14. The van der Waals surface area contributed by atoms with Crippen LogP contribution in [0.25, 0.3) is 16.9 Å². The van der Waals surface area contributed by atoms with Crippen LogP contribution >= 0.6 is 0 Å². The van der Waals surface area contributed by atoms with Gasteiger partial charge in [0, 0.05) is 34.9 Å². The van der Waals surface area contributed by atoms with E-state index in [2.05, 4.69) is 27.1 Å². The van der Waals surface area contributed by atoms with Gasteiger partial charge < -0.3 is 14.6 Å². The Kier molecular flexibility index (Phi) is 7.46. The number of aromatic nitrogens is 3. The monoisotopic (exact) mass is 544 g/mol. The molecule has 0 spiro atoms. The molecule has 1 N–H and O–H groups in total. The van der Waals surface area contributed by atoms with E-state index < -0.39 is 11.7 Å². The van der Waals surface area contributed by atoms with Crippen molar-refractivity contribution in [1.82, 2.24) is 14.3 Å². The van der Waals surface area contributed by atoms with Gasteiger partial charge in [-0.05, 0) is 79.6 Å². The first-order chi connectivity index (χ1) is 19.2. The van der Waals surface area contributed by atoms with Crippen LogP contribution in [0.2, 0.25) is 0 Å². The maximum absolute atomic E-state index is 13.0. The van der Waals surface area contributed by atoms with Gasteiger partial charge in [0.2, 0.25) is 0 Å². The van der Waals surface area contributed by atoms with E-state index in [1.165, 1.54) is 12.1 Å². The summed E-state index contributed by atoms with van der Waals surface area (Å²) in [5.41, 5.74) is 3.48. The summed E-state index contributed by atoms with van der Waals surface area (Å²) in [7, 11) is 0. The lowest BCUT2D eigenvalue weighted by atomic mass is 9.98. The average molecular weight is 545 g/mol. The van der Waals surface area contributed by atoms with E-state index in [4.69, 9.17) is 4.74 Å². The van der Waals surface area contributed by atoms with Crippen molar-refractivity contribution in [3.8, 4) is 22.7 Å². The molecule has 2 aromatic heterocycles. The van der Waals surface area contributed by atoms with Crippen molar-refractivity contribution in [2.45, 2.75) is 26.6 Å². The van der Waals surface area contributed by atoms with Gasteiger partial charge in [0.15, 0.2) is 5.82 Å². The Morgan fingerprint density at radius 3 is 2.23 bits per heavy atom. The van der Waals surface area contributed by atoms with Crippen LogP contribution < -0.4 is 10.1 Å². The molecule has 5 aromatic rings. The summed E-state index contributed by atoms with van der Waals surface area (Å²) < 4.78 is 48.6. The Balaban J connectivity index is 1.18. The Morgan fingerprint density at radius 2 is 1.55 bits per heavy atom. The molecule has 0 aliphatic rings. The zero-order valence-electron chi connectivity index (χ0n) is 21.9. The summed E-state index contributed by atoms with van der Waals surface area (Å²) in [5, 5.41) is 7.47. The van der Waals surface area contributed by atoms with E-state index >= 15 is 0 Å². The van der Waals surface area contributed by atoms with Crippen molar-refractivity contribution in [2.24, 2.45) is 0 Å². The van der Waals surface area contributed by atoms with E-state index in [0.717, 1.165) is 29.3 Å². The Morgan fingerprint density at radius 1 is 0.875 bits per heavy atom. The predicted molar refractivity (Wildman–Crippen MR) is 148 cm³/mol. The molecular weight excluding hydrogens is 517 g/mol. The van der Waals surface area contributed by atoms with Gasteiger partial charge in [0.25, 0.3) is 5.91 Å². The maximum atomic E-state index is 13.0. The van der Waals surface area contributed by atoms with Gasteiger partial charge in [-0.3, -0.25) is 9.48 Å². The number of aryl methyl sites for hydroxylation is 2. The van der Waals surface area contributed by atoms with Crippen LogP contribution in [0.15, 0.2) is 97.2 Å². The second-order valence-electron chi connectivity index (χ2n) is 9.34. The lowest BCUT2D eigenvalue weighted by molar-refractivity contribution is -0.137. The number of rotatable bonds is 8. The molecule has 9 heteroatoms. The molecule has 0 radical (unpaired) electrons. The minimum Gasteiger partial charge on any atom is -0.492 e. The molecule has 3 aromatic carbocycles. The molecule has 0 saturated carbocycles. The molecule has 0 atom stereocenters. The number of carbonyl (C=O) groups is 1. The number of benzene rings is 3. The van der Waals surface area contributed by atoms with Gasteiger partial charge >= 0.3 is 6.18 Å². The summed E-state index contributed by atoms with van der Waals surface area (Å²) in [6.07, 6.45) is -2.51. The number of nitrogens with one attached hydrogen (secondary N) is 1. The van der Waals surface area contributed by atoms with Crippen LogP contribution in [0, 0.1) is 13.8 Å². The number of anilines is 1. The minimum atomic E-state index is -4.42. The minimum absolute atomic E-state index is 0.353. The van der Waals surface area contributed by atoms with Gasteiger partial charge in [0.05, 0.1) is 12.1 Å². The van der Waals surface area contributed by atoms with Crippen molar-refractivity contribution >= 4 is 11.6 Å². The fourth-order valence-corrected chi connectivity index (χ4v) is 4.49. The lowest BCUT2D eigenvalue weighted by Crippen LogP contribution is -2.13. The fraction of sp³-hybridized carbons (Fsp3) is 0.161. The molecule has 0 bridgehead atoms. The number of hydrogen-bond donors (Lipinski definition) is 1. The first kappa shape index (κ1) is 26.8. The Labute approximate surface area is 229 Å². The number of halogens is 3. The number of carbonyl (C=O) groups excluding carboxylic acids is 1. The van der Waals surface area contributed by atoms with Crippen LogP contribution in [0.3, 0.4) is 0 Å². The van der Waals surface area contributed by atoms with Crippen LogP contribution in [0.1, 0.15) is 27.3 Å². The summed E-state index contributed by atoms with van der Waals surface area (Å²) >= 11 is 0. The molecule has 0 saturated heterocycles. The van der Waals surface area contributed by atoms with Gasteiger partial charge in [-0.15, -0.1) is 0 Å². The molecule has 0 unspecified atom stereocenters. The maximum Gasteiger partial charge on any atom is 0.416 e. The Bertz CT molecular complexity index is 1600. The largest absolute Gasteiger partial charge is 0.492 e. The quantitative estimate of drug-likeness (QED) is 0.223. The number of amides is 1. The molecule has 6 nitrogen and oxygen atoms in total. The van der Waals surface area contributed by atoms with E-state index in [1.54, 1.807) is 48.5 Å². The van der Waals surface area contributed by atoms with E-state index in [9.17, 15) is 18.0 Å². The highest BCUT2D eigenvalue weighted by atomic mass is 19.4. The average Bonchev–Trinajstić information content (AvgIpc) is 3.54. The first-order valence-electron chi connectivity index (χ1n) is 12.7. The molecule has 5 rings (SSSR count). The lowest BCUT2D eigenvalue weighted by Gasteiger charge is -2.12. The first-order valence-corrected chi connectivity index (χ1v) is 12.7. The highest BCUT2D eigenvalue weighted by Gasteiger charge is 2.30. The third-order valence-corrected chi connectivity index (χ3v) is 6.52. The number of ether oxygens (including phenoxy) is 1. The third-order valence-electron chi connectivity index (χ3n) is 6.52. The molecule has 0 fully saturated rings. The molecule has 0 aliphatic heterocycles. The van der Waals surface area contributed by atoms with Gasteiger partial charge in [0.1, 0.15) is 12.4 Å². The predicted octanol–water partition coefficient (Wildman–Crippen LogP) is 7.31. The molecular formula is C31H27F3N4O2. The summed E-state index contributed by atoms with van der Waals surface area (Å²) in [6.45, 7) is 5.06. The molecule has 1 amide bonds. The molecule has 40 heavy (non-hydrogen) atoms. The van der Waals surface area contributed by atoms with E-state index in [1.807, 2.05) is 30.8 Å². The van der Waals surface area contributed by atoms with Crippen molar-refractivity contribution < 1.29 is 22.7 Å². The second kappa shape index (κ2) is 11.1. The van der Waals surface area contributed by atoms with Crippen molar-refractivity contribution in [1.29, 1.82) is 0 Å². The van der Waals surface area contributed by atoms with Crippen LogP contribution in [0.5, 0.6) is 5.75 Å². The van der Waals surface area contributed by atoms with Gasteiger partial charge in [-0.1, -0.05) is 30.3 Å². The van der Waals surface area contributed by atoms with Crippen LogP contribution in [0.4, 0.5) is 18.9 Å². The SMILES string of the molecule is Cc1ccc(C)n1-c1ccn(CCOc2ccc(NC(=O)c3ccccc3-c3ccc(C(F)(F)F)cc3)cc2)n1. The topological polar surface area (TPSA) is 61.1 Å². The Hall–Kier alpha value is -4.79. The van der Waals surface area contributed by atoms with Crippen molar-refractivity contribution in [3.05, 3.63) is 120 Å².